The molecule has 0 aliphatic carbocycles. The number of alkyl halides is 3. The zero-order valence-corrected chi connectivity index (χ0v) is 23.0. The molecule has 0 fully saturated rings. The van der Waals surface area contributed by atoms with Crippen molar-refractivity contribution in [3.8, 4) is 28.9 Å². The maximum absolute atomic E-state index is 13.0. The van der Waals surface area contributed by atoms with Crippen molar-refractivity contribution in [3.05, 3.63) is 59.9 Å². The average Bonchev–Trinajstić information content (AvgIpc) is 3.54. The van der Waals surface area contributed by atoms with Crippen LogP contribution < -0.4 is 9.46 Å². The quantitative estimate of drug-likeness (QED) is 0.269. The van der Waals surface area contributed by atoms with E-state index in [0.717, 1.165) is 12.1 Å². The highest BCUT2D eigenvalue weighted by atomic mass is 32.2. The van der Waals surface area contributed by atoms with E-state index in [4.69, 9.17) is 9.26 Å². The minimum absolute atomic E-state index is 0.0273. The van der Waals surface area contributed by atoms with Crippen LogP contribution in [0.4, 0.5) is 13.2 Å². The molecule has 0 saturated carbocycles. The first-order valence-corrected chi connectivity index (χ1v) is 13.5. The molecule has 0 saturated heterocycles. The molecule has 218 valence electrons. The molecular weight excluding hydrogens is 569 g/mol. The van der Waals surface area contributed by atoms with Crippen LogP contribution in [0.25, 0.3) is 23.1 Å². The molecule has 0 amide bonds. The number of sulfonamides is 1. The number of nitrogens with zero attached hydrogens (tertiary/aromatic N) is 5. The van der Waals surface area contributed by atoms with Gasteiger partial charge in [-0.1, -0.05) is 31.1 Å². The Kier molecular flexibility index (Phi) is 8.44. The summed E-state index contributed by atoms with van der Waals surface area (Å²) in [5.74, 6) is -0.791. The summed E-state index contributed by atoms with van der Waals surface area (Å²) in [6.45, 7) is 5.22. The van der Waals surface area contributed by atoms with E-state index in [9.17, 15) is 26.4 Å². The molecule has 1 N–H and O–H groups in total. The second-order valence-electron chi connectivity index (χ2n) is 9.15. The van der Waals surface area contributed by atoms with Gasteiger partial charge in [0.15, 0.2) is 0 Å². The number of benzene rings is 2. The number of aromatic nitrogens is 5. The summed E-state index contributed by atoms with van der Waals surface area (Å²) in [7, 11) is -2.87. The van der Waals surface area contributed by atoms with E-state index in [-0.39, 0.29) is 34.9 Å². The monoisotopic (exact) mass is 594 g/mol. The van der Waals surface area contributed by atoms with Crippen LogP contribution in [0.15, 0.2) is 57.9 Å². The molecule has 4 aromatic rings. The highest BCUT2D eigenvalue weighted by Crippen LogP contribution is 2.26. The van der Waals surface area contributed by atoms with E-state index in [1.165, 1.54) is 36.1 Å². The third kappa shape index (κ3) is 7.26. The Morgan fingerprint density at radius 1 is 1.10 bits per heavy atom. The minimum atomic E-state index is -4.81. The van der Waals surface area contributed by atoms with Crippen molar-refractivity contribution in [2.75, 3.05) is 7.11 Å². The standard InChI is InChI=1S/C25H25F3N6O6S/c1-14(2)20(24(35)38-4)33-41(36,37)19-7-5-6-16(12-19)13-34-15(3)29-22(31-34)23-30-21(32-40-23)17-8-10-18(11-9-17)39-25(26,27)28/h5-12,14,20,33H,13H2,1-4H3. The highest BCUT2D eigenvalue weighted by Gasteiger charge is 2.31. The number of hydrogen-bond donors (Lipinski definition) is 1. The van der Waals surface area contributed by atoms with Gasteiger partial charge in [-0.3, -0.25) is 4.79 Å². The highest BCUT2D eigenvalue weighted by molar-refractivity contribution is 7.89. The molecule has 4 rings (SSSR count). The van der Waals surface area contributed by atoms with Gasteiger partial charge in [0.25, 0.3) is 5.89 Å². The fourth-order valence-electron chi connectivity index (χ4n) is 3.70. The number of ether oxygens (including phenoxy) is 2. The lowest BCUT2D eigenvalue weighted by Crippen LogP contribution is -2.44. The molecule has 0 bridgehead atoms. The lowest BCUT2D eigenvalue weighted by atomic mass is 10.1. The number of nitrogens with one attached hydrogen (secondary N) is 1. The van der Waals surface area contributed by atoms with Crippen molar-refractivity contribution in [3.63, 3.8) is 0 Å². The zero-order chi connectivity index (χ0) is 29.9. The van der Waals surface area contributed by atoms with Gasteiger partial charge in [0.05, 0.1) is 18.6 Å². The van der Waals surface area contributed by atoms with Gasteiger partial charge in [0.1, 0.15) is 17.6 Å². The minimum Gasteiger partial charge on any atom is -0.468 e. The van der Waals surface area contributed by atoms with E-state index >= 15 is 0 Å². The predicted molar refractivity (Wildman–Crippen MR) is 137 cm³/mol. The molecule has 1 unspecified atom stereocenters. The summed E-state index contributed by atoms with van der Waals surface area (Å²) < 4.78 is 80.9. The molecule has 1 atom stereocenters. The van der Waals surface area contributed by atoms with E-state index in [1.807, 2.05) is 0 Å². The number of esters is 1. The molecule has 2 heterocycles. The number of aryl methyl sites for hydroxylation is 1. The molecule has 0 aliphatic rings. The Labute approximate surface area is 232 Å². The largest absolute Gasteiger partial charge is 0.573 e. The van der Waals surface area contributed by atoms with Crippen LogP contribution in [0.1, 0.15) is 25.2 Å². The summed E-state index contributed by atoms with van der Waals surface area (Å²) in [6, 6.07) is 10.0. The van der Waals surface area contributed by atoms with Gasteiger partial charge in [-0.25, -0.2) is 18.1 Å². The van der Waals surface area contributed by atoms with Crippen LogP contribution >= 0.6 is 0 Å². The van der Waals surface area contributed by atoms with Crippen LogP contribution in [0.5, 0.6) is 5.75 Å². The van der Waals surface area contributed by atoms with Crippen LogP contribution in [0.2, 0.25) is 0 Å². The summed E-state index contributed by atoms with van der Waals surface area (Å²) in [5.41, 5.74) is 0.961. The fourth-order valence-corrected chi connectivity index (χ4v) is 5.10. The van der Waals surface area contributed by atoms with Crippen molar-refractivity contribution in [1.29, 1.82) is 0 Å². The Balaban J connectivity index is 1.50. The molecule has 0 radical (unpaired) electrons. The van der Waals surface area contributed by atoms with E-state index in [0.29, 0.717) is 17.0 Å². The maximum atomic E-state index is 13.0. The molecular formula is C25H25F3N6O6S. The lowest BCUT2D eigenvalue weighted by molar-refractivity contribution is -0.274. The fraction of sp³-hybridized carbons (Fsp3) is 0.320. The van der Waals surface area contributed by atoms with Crippen LogP contribution in [-0.2, 0) is 26.1 Å². The predicted octanol–water partition coefficient (Wildman–Crippen LogP) is 3.73. The molecule has 16 heteroatoms. The smallest absolute Gasteiger partial charge is 0.468 e. The van der Waals surface area contributed by atoms with Gasteiger partial charge >= 0.3 is 12.3 Å². The number of methoxy groups -OCH3 is 1. The van der Waals surface area contributed by atoms with Gasteiger partial charge in [0, 0.05) is 5.56 Å². The number of carbonyl (C=O) groups excluding carboxylic acids is 1. The van der Waals surface area contributed by atoms with E-state index < -0.39 is 34.1 Å². The molecule has 2 aromatic heterocycles. The third-order valence-electron chi connectivity index (χ3n) is 5.77. The second-order valence-corrected chi connectivity index (χ2v) is 10.9. The van der Waals surface area contributed by atoms with Crippen LogP contribution in [-0.4, -0.2) is 58.8 Å². The first kappa shape index (κ1) is 29.7. The topological polar surface area (TPSA) is 151 Å². The first-order chi connectivity index (χ1) is 19.3. The van der Waals surface area contributed by atoms with E-state index in [1.54, 1.807) is 32.9 Å². The number of carbonyl (C=O) groups is 1. The van der Waals surface area contributed by atoms with Gasteiger partial charge in [-0.15, -0.1) is 18.3 Å². The van der Waals surface area contributed by atoms with E-state index in [2.05, 4.69) is 29.7 Å². The van der Waals surface area contributed by atoms with Crippen LogP contribution in [0, 0.1) is 12.8 Å². The van der Waals surface area contributed by atoms with Gasteiger partial charge in [0.2, 0.25) is 21.7 Å². The molecule has 0 aliphatic heterocycles. The number of rotatable bonds is 10. The van der Waals surface area contributed by atoms with Gasteiger partial charge in [-0.2, -0.15) is 9.71 Å². The van der Waals surface area contributed by atoms with Crippen LogP contribution in [0.3, 0.4) is 0 Å². The third-order valence-corrected chi connectivity index (χ3v) is 7.20. The molecule has 0 spiro atoms. The molecule has 41 heavy (non-hydrogen) atoms. The SMILES string of the molecule is COC(=O)C(NS(=O)(=O)c1cccc(Cn2nc(-c3nc(-c4ccc(OC(F)(F)F)cc4)no3)nc2C)c1)C(C)C. The summed E-state index contributed by atoms with van der Waals surface area (Å²) in [5, 5.41) is 8.21. The van der Waals surface area contributed by atoms with Gasteiger partial charge < -0.3 is 14.0 Å². The normalized spacial score (nSPS) is 12.9. The summed E-state index contributed by atoms with van der Waals surface area (Å²) >= 11 is 0. The van der Waals surface area contributed by atoms with Crippen molar-refractivity contribution < 1.29 is 40.4 Å². The summed E-state index contributed by atoms with van der Waals surface area (Å²) in [6.07, 6.45) is -4.81. The first-order valence-electron chi connectivity index (χ1n) is 12.1. The maximum Gasteiger partial charge on any atom is 0.573 e. The summed E-state index contributed by atoms with van der Waals surface area (Å²) in [4.78, 5) is 20.5. The molecule has 12 nitrogen and oxygen atoms in total. The Hall–Kier alpha value is -4.31. The van der Waals surface area contributed by atoms with Crippen molar-refractivity contribution in [2.24, 2.45) is 5.92 Å². The Morgan fingerprint density at radius 2 is 1.80 bits per heavy atom. The van der Waals surface area contributed by atoms with Crippen molar-refractivity contribution in [1.82, 2.24) is 29.6 Å². The number of hydrogen-bond acceptors (Lipinski definition) is 10. The lowest BCUT2D eigenvalue weighted by Gasteiger charge is -2.20. The van der Waals surface area contributed by atoms with Crippen molar-refractivity contribution in [2.45, 2.75) is 44.6 Å². The number of halogens is 3. The van der Waals surface area contributed by atoms with Crippen molar-refractivity contribution >= 4 is 16.0 Å². The second kappa shape index (κ2) is 11.7. The zero-order valence-electron chi connectivity index (χ0n) is 22.2. The Bertz CT molecular complexity index is 1630. The van der Waals surface area contributed by atoms with Gasteiger partial charge in [-0.05, 0) is 54.8 Å². The average molecular weight is 595 g/mol. The molecule has 2 aromatic carbocycles. The Morgan fingerprint density at radius 3 is 2.44 bits per heavy atom.